The van der Waals surface area contributed by atoms with E-state index in [1.54, 1.807) is 0 Å². The summed E-state index contributed by atoms with van der Waals surface area (Å²) in [6, 6.07) is 19.5. The Bertz CT molecular complexity index is 1460. The Hall–Kier alpha value is -3.48. The summed E-state index contributed by atoms with van der Waals surface area (Å²) in [6.07, 6.45) is 5.92. The van der Waals surface area contributed by atoms with E-state index in [1.807, 2.05) is 0 Å². The second-order valence-electron chi connectivity index (χ2n) is 11.9. The number of allylic oxidation sites excluding steroid dienone is 1. The number of ketones is 1. The predicted octanol–water partition coefficient (Wildman–Crippen LogP) is 5.11. The van der Waals surface area contributed by atoms with Crippen LogP contribution < -0.4 is 10.2 Å². The summed E-state index contributed by atoms with van der Waals surface area (Å²) in [5.74, 6) is 1.19. The van der Waals surface area contributed by atoms with E-state index < -0.39 is 0 Å². The van der Waals surface area contributed by atoms with Crippen LogP contribution >= 0.6 is 0 Å². The van der Waals surface area contributed by atoms with Gasteiger partial charge >= 0.3 is 0 Å². The van der Waals surface area contributed by atoms with Crippen molar-refractivity contribution < 1.29 is 4.79 Å². The molecule has 39 heavy (non-hydrogen) atoms. The van der Waals surface area contributed by atoms with Gasteiger partial charge in [0.2, 0.25) is 0 Å². The maximum atomic E-state index is 12.9. The number of carbonyl (C=O) groups is 1. The van der Waals surface area contributed by atoms with Gasteiger partial charge in [-0.2, -0.15) is 0 Å². The monoisotopic (exact) mass is 519 g/mol. The van der Waals surface area contributed by atoms with E-state index in [2.05, 4.69) is 94.8 Å². The highest BCUT2D eigenvalue weighted by Crippen LogP contribution is 2.47. The number of nitrogens with one attached hydrogen (secondary N) is 1. The molecule has 0 bridgehead atoms. The molecule has 2 aromatic carbocycles. The predicted molar refractivity (Wildman–Crippen MR) is 158 cm³/mol. The van der Waals surface area contributed by atoms with Crippen molar-refractivity contribution in [1.29, 1.82) is 0 Å². The summed E-state index contributed by atoms with van der Waals surface area (Å²) >= 11 is 0. The second-order valence-corrected chi connectivity index (χ2v) is 11.9. The van der Waals surface area contributed by atoms with Crippen LogP contribution in [0, 0.1) is 0 Å². The number of aromatic nitrogens is 1. The summed E-state index contributed by atoms with van der Waals surface area (Å²) in [5.41, 5.74) is 9.32. The lowest BCUT2D eigenvalue weighted by molar-refractivity contribution is 0.0945. The Kier molecular flexibility index (Phi) is 6.05. The molecule has 6 heteroatoms. The third-order valence-corrected chi connectivity index (χ3v) is 9.40. The molecule has 0 saturated carbocycles. The third kappa shape index (κ3) is 4.46. The molecule has 2 saturated heterocycles. The number of hydrogen-bond acceptors (Lipinski definition) is 6. The molecule has 0 amide bonds. The fourth-order valence-electron chi connectivity index (χ4n) is 6.93. The molecule has 1 N–H and O–H groups in total. The van der Waals surface area contributed by atoms with E-state index in [4.69, 9.17) is 4.98 Å². The van der Waals surface area contributed by atoms with Crippen LogP contribution in [0.15, 0.2) is 60.7 Å². The Morgan fingerprint density at radius 2 is 1.62 bits per heavy atom. The van der Waals surface area contributed by atoms with Gasteiger partial charge in [0.05, 0.1) is 5.69 Å². The lowest BCUT2D eigenvalue weighted by atomic mass is 9.73. The van der Waals surface area contributed by atoms with Crippen LogP contribution in [0.2, 0.25) is 0 Å². The lowest BCUT2D eigenvalue weighted by Gasteiger charge is -2.38. The Morgan fingerprint density at radius 1 is 0.846 bits per heavy atom. The largest absolute Gasteiger partial charge is 0.369 e. The first-order valence-corrected chi connectivity index (χ1v) is 14.4. The summed E-state index contributed by atoms with van der Waals surface area (Å²) in [6.45, 7) is 6.42. The number of Topliss-reactive ketones (excluding diaryl/α,β-unsaturated/α-hetero) is 1. The minimum Gasteiger partial charge on any atom is -0.369 e. The van der Waals surface area contributed by atoms with E-state index in [0.29, 0.717) is 12.2 Å². The average molecular weight is 520 g/mol. The molecule has 1 spiro atoms. The number of nitrogens with zero attached hydrogens (tertiary/aromatic N) is 4. The number of anilines is 3. The molecule has 2 aliphatic heterocycles. The van der Waals surface area contributed by atoms with Crippen molar-refractivity contribution in [1.82, 2.24) is 14.8 Å². The zero-order valence-electron chi connectivity index (χ0n) is 23.0. The van der Waals surface area contributed by atoms with Crippen LogP contribution in [0.3, 0.4) is 0 Å². The molecule has 7 rings (SSSR count). The molecule has 4 aliphatic rings. The third-order valence-electron chi connectivity index (χ3n) is 9.40. The highest BCUT2D eigenvalue weighted by Gasteiger charge is 2.44. The number of pyridine rings is 1. The van der Waals surface area contributed by atoms with Gasteiger partial charge in [-0.15, -0.1) is 0 Å². The van der Waals surface area contributed by atoms with Gasteiger partial charge in [-0.3, -0.25) is 4.79 Å². The molecule has 3 aromatic rings. The van der Waals surface area contributed by atoms with Crippen molar-refractivity contribution >= 4 is 28.5 Å². The quantitative estimate of drug-likeness (QED) is 0.517. The number of piperazine rings is 1. The number of carbonyl (C=O) groups excluding carboxylic acids is 1. The average Bonchev–Trinajstić information content (AvgIpc) is 3.49. The highest BCUT2D eigenvalue weighted by molar-refractivity contribution is 6.03. The van der Waals surface area contributed by atoms with Crippen LogP contribution in [0.25, 0.3) is 5.57 Å². The summed E-state index contributed by atoms with van der Waals surface area (Å²) in [7, 11) is 4.37. The number of fused-ring (bicyclic) bond motifs is 3. The number of hydrogen-bond donors (Lipinski definition) is 1. The first-order valence-electron chi connectivity index (χ1n) is 14.4. The van der Waals surface area contributed by atoms with Gasteiger partial charge in [-0.1, -0.05) is 24.3 Å². The SMILES string of the molecule is CN1CCN(c2cccc(Nc3ccc4c(n3)CC=C4c3ccc4c(c3)C3(CCN(C)CC3)CC4=O)c2)CC1. The molecule has 0 unspecified atom stereocenters. The Labute approximate surface area is 231 Å². The van der Waals surface area contributed by atoms with Gasteiger partial charge in [0.25, 0.3) is 0 Å². The Balaban J connectivity index is 1.11. The second kappa shape index (κ2) is 9.61. The minimum atomic E-state index is 0.0155. The summed E-state index contributed by atoms with van der Waals surface area (Å²) in [5, 5.41) is 3.54. The van der Waals surface area contributed by atoms with Crippen LogP contribution in [0.5, 0.6) is 0 Å². The molecule has 1 aromatic heterocycles. The van der Waals surface area contributed by atoms with Crippen molar-refractivity contribution in [2.75, 3.05) is 63.6 Å². The number of rotatable bonds is 4. The van der Waals surface area contributed by atoms with Gasteiger partial charge in [0.1, 0.15) is 5.82 Å². The topological polar surface area (TPSA) is 51.7 Å². The van der Waals surface area contributed by atoms with Crippen LogP contribution in [0.1, 0.15) is 52.0 Å². The van der Waals surface area contributed by atoms with E-state index in [9.17, 15) is 4.79 Å². The molecule has 2 fully saturated rings. The lowest BCUT2D eigenvalue weighted by Crippen LogP contribution is -2.44. The number of piperidine rings is 1. The van der Waals surface area contributed by atoms with Gasteiger partial charge in [0.15, 0.2) is 5.78 Å². The molecule has 6 nitrogen and oxygen atoms in total. The molecule has 2 aliphatic carbocycles. The number of benzene rings is 2. The summed E-state index contributed by atoms with van der Waals surface area (Å²) in [4.78, 5) is 25.1. The first-order chi connectivity index (χ1) is 19.0. The van der Waals surface area contributed by atoms with Crippen molar-refractivity contribution in [3.8, 4) is 0 Å². The van der Waals surface area contributed by atoms with E-state index >= 15 is 0 Å². The number of likely N-dealkylation sites (tertiary alicyclic amines) is 1. The molecule has 3 heterocycles. The smallest absolute Gasteiger partial charge is 0.164 e. The van der Waals surface area contributed by atoms with Gasteiger partial charge < -0.3 is 20.0 Å². The molecular formula is C33H37N5O. The molecule has 200 valence electrons. The number of likely N-dealkylation sites (N-methyl/N-ethyl adjacent to an activating group) is 1. The fourth-order valence-corrected chi connectivity index (χ4v) is 6.93. The van der Waals surface area contributed by atoms with Crippen molar-refractivity contribution in [2.24, 2.45) is 0 Å². The highest BCUT2D eigenvalue weighted by atomic mass is 16.1. The fraction of sp³-hybridized carbons (Fsp3) is 0.394. The van der Waals surface area contributed by atoms with Gasteiger partial charge in [0, 0.05) is 66.9 Å². The molecule has 0 radical (unpaired) electrons. The summed E-state index contributed by atoms with van der Waals surface area (Å²) < 4.78 is 0. The first kappa shape index (κ1) is 24.6. The van der Waals surface area contributed by atoms with Crippen LogP contribution in [-0.2, 0) is 11.8 Å². The minimum absolute atomic E-state index is 0.0155. The van der Waals surface area contributed by atoms with Crippen molar-refractivity contribution in [2.45, 2.75) is 31.1 Å². The zero-order valence-corrected chi connectivity index (χ0v) is 23.0. The molecule has 0 atom stereocenters. The van der Waals surface area contributed by atoms with Crippen molar-refractivity contribution in [3.05, 3.63) is 88.6 Å². The van der Waals surface area contributed by atoms with E-state index in [0.717, 1.165) is 81.3 Å². The van der Waals surface area contributed by atoms with Crippen LogP contribution in [0.4, 0.5) is 17.2 Å². The van der Waals surface area contributed by atoms with E-state index in [-0.39, 0.29) is 5.41 Å². The van der Waals surface area contributed by atoms with E-state index in [1.165, 1.54) is 28.0 Å². The molecular weight excluding hydrogens is 482 g/mol. The van der Waals surface area contributed by atoms with Gasteiger partial charge in [-0.05, 0) is 93.1 Å². The Morgan fingerprint density at radius 3 is 2.44 bits per heavy atom. The van der Waals surface area contributed by atoms with Crippen LogP contribution in [-0.4, -0.2) is 73.9 Å². The standard InChI is InChI=1S/C33H37N5O/c1-36-14-12-33(13-15-36)22-31(39)28-7-6-23(20-29(28)33)26-8-10-30-27(26)9-11-32(35-30)34-24-4-3-5-25(21-24)38-18-16-37(2)17-19-38/h3-9,11,20-21H,10,12-19,22H2,1-2H3,(H,34,35). The maximum absolute atomic E-state index is 12.9. The van der Waals surface area contributed by atoms with Gasteiger partial charge in [-0.25, -0.2) is 4.98 Å². The normalized spacial score (nSPS) is 20.7. The van der Waals surface area contributed by atoms with Crippen molar-refractivity contribution in [3.63, 3.8) is 0 Å². The zero-order chi connectivity index (χ0) is 26.6. The maximum Gasteiger partial charge on any atom is 0.164 e.